The SMILES string of the molecule is CC1CCCCC(F)=CC=C1B1OC(C)(C)CC(C)(C)O1. The van der Waals surface area contributed by atoms with Crippen LogP contribution in [0.3, 0.4) is 0 Å². The average molecular weight is 294 g/mol. The van der Waals surface area contributed by atoms with E-state index in [0.29, 0.717) is 12.3 Å². The van der Waals surface area contributed by atoms with Gasteiger partial charge in [0.1, 0.15) is 0 Å². The van der Waals surface area contributed by atoms with Crippen molar-refractivity contribution in [1.82, 2.24) is 0 Å². The summed E-state index contributed by atoms with van der Waals surface area (Å²) in [5.74, 6) is 0.303. The zero-order chi connectivity index (χ0) is 15.7. The Balaban J connectivity index is 2.27. The number of halogens is 1. The van der Waals surface area contributed by atoms with E-state index in [4.69, 9.17) is 9.31 Å². The van der Waals surface area contributed by atoms with E-state index in [1.54, 1.807) is 6.08 Å². The standard InChI is InChI=1S/C17H28BFO2/c1-13-8-6-7-9-14(19)10-11-15(13)18-20-16(2,3)12-17(4,5)21-18/h10-11,13H,6-9,12H2,1-5H3. The Morgan fingerprint density at radius 2 is 1.71 bits per heavy atom. The van der Waals surface area contributed by atoms with Crippen LogP contribution in [-0.4, -0.2) is 18.3 Å². The molecule has 0 amide bonds. The number of hydrogen-bond donors (Lipinski definition) is 0. The minimum atomic E-state index is -0.374. The van der Waals surface area contributed by atoms with E-state index in [1.807, 2.05) is 6.08 Å². The van der Waals surface area contributed by atoms with Crippen LogP contribution in [0.5, 0.6) is 0 Å². The van der Waals surface area contributed by atoms with E-state index in [1.165, 1.54) is 0 Å². The summed E-state index contributed by atoms with van der Waals surface area (Å²) in [4.78, 5) is 0. The number of hydrogen-bond acceptors (Lipinski definition) is 2. The molecule has 0 saturated carbocycles. The van der Waals surface area contributed by atoms with Crippen molar-refractivity contribution in [3.05, 3.63) is 23.5 Å². The predicted octanol–water partition coefficient (Wildman–Crippen LogP) is 5.00. The lowest BCUT2D eigenvalue weighted by Crippen LogP contribution is -2.52. The molecule has 0 aromatic heterocycles. The molecule has 1 atom stereocenters. The second kappa shape index (κ2) is 6.25. The summed E-state index contributed by atoms with van der Waals surface area (Å²) in [5.41, 5.74) is 0.606. The van der Waals surface area contributed by atoms with Gasteiger partial charge in [0, 0.05) is 6.42 Å². The highest BCUT2D eigenvalue weighted by atomic mass is 19.1. The maximum absolute atomic E-state index is 13.7. The van der Waals surface area contributed by atoms with E-state index in [0.717, 1.165) is 31.2 Å². The summed E-state index contributed by atoms with van der Waals surface area (Å²) in [7, 11) is -0.374. The van der Waals surface area contributed by atoms with Gasteiger partial charge in [-0.25, -0.2) is 4.39 Å². The molecule has 1 fully saturated rings. The lowest BCUT2D eigenvalue weighted by Gasteiger charge is -2.45. The Bertz CT molecular complexity index is 424. The molecule has 0 aromatic carbocycles. The highest BCUT2D eigenvalue weighted by Gasteiger charge is 2.45. The maximum atomic E-state index is 13.7. The van der Waals surface area contributed by atoms with Gasteiger partial charge in [-0.1, -0.05) is 19.4 Å². The maximum Gasteiger partial charge on any atom is 0.490 e. The van der Waals surface area contributed by atoms with Gasteiger partial charge in [-0.05, 0) is 64.4 Å². The summed E-state index contributed by atoms with van der Waals surface area (Å²) in [6.07, 6.45) is 7.88. The quantitative estimate of drug-likeness (QED) is 0.634. The zero-order valence-corrected chi connectivity index (χ0v) is 14.0. The van der Waals surface area contributed by atoms with Gasteiger partial charge in [0.2, 0.25) is 0 Å². The molecule has 1 heterocycles. The number of rotatable bonds is 1. The zero-order valence-electron chi connectivity index (χ0n) is 14.0. The van der Waals surface area contributed by atoms with Crippen molar-refractivity contribution in [2.75, 3.05) is 0 Å². The topological polar surface area (TPSA) is 18.5 Å². The van der Waals surface area contributed by atoms with Crippen molar-refractivity contribution in [3.8, 4) is 0 Å². The van der Waals surface area contributed by atoms with Gasteiger partial charge in [0.25, 0.3) is 0 Å². The molecule has 0 bridgehead atoms. The van der Waals surface area contributed by atoms with Gasteiger partial charge in [-0.3, -0.25) is 0 Å². The van der Waals surface area contributed by atoms with Crippen LogP contribution in [0.1, 0.15) is 66.7 Å². The van der Waals surface area contributed by atoms with Crippen molar-refractivity contribution >= 4 is 7.12 Å². The van der Waals surface area contributed by atoms with Gasteiger partial charge < -0.3 is 9.31 Å². The van der Waals surface area contributed by atoms with Crippen LogP contribution in [0, 0.1) is 5.92 Å². The van der Waals surface area contributed by atoms with E-state index in [2.05, 4.69) is 34.6 Å². The van der Waals surface area contributed by atoms with Crippen molar-refractivity contribution in [2.45, 2.75) is 77.9 Å². The summed E-state index contributed by atoms with van der Waals surface area (Å²) in [6.45, 7) is 10.6. The predicted molar refractivity (Wildman–Crippen MR) is 85.6 cm³/mol. The highest BCUT2D eigenvalue weighted by molar-refractivity contribution is 6.54. The Morgan fingerprint density at radius 1 is 1.10 bits per heavy atom. The summed E-state index contributed by atoms with van der Waals surface area (Å²) in [5, 5.41) is 0. The van der Waals surface area contributed by atoms with Crippen LogP contribution in [0.2, 0.25) is 0 Å². The van der Waals surface area contributed by atoms with E-state index in [9.17, 15) is 4.39 Å². The molecule has 2 rings (SSSR count). The van der Waals surface area contributed by atoms with Crippen LogP contribution in [0.15, 0.2) is 23.5 Å². The second-order valence-electron chi connectivity index (χ2n) is 7.69. The normalized spacial score (nSPS) is 29.8. The fraction of sp³-hybridized carbons (Fsp3) is 0.765. The van der Waals surface area contributed by atoms with Crippen LogP contribution in [0.25, 0.3) is 0 Å². The van der Waals surface area contributed by atoms with Gasteiger partial charge in [0.15, 0.2) is 0 Å². The molecule has 118 valence electrons. The monoisotopic (exact) mass is 294 g/mol. The molecule has 4 heteroatoms. The molecule has 0 N–H and O–H groups in total. The Labute approximate surface area is 128 Å². The lowest BCUT2D eigenvalue weighted by molar-refractivity contribution is -0.0742. The minimum absolute atomic E-state index is 0.0454. The number of allylic oxidation sites excluding steroid dienone is 4. The Kier molecular flexibility index (Phi) is 4.99. The first-order valence-corrected chi connectivity index (χ1v) is 8.10. The molecular weight excluding hydrogens is 266 g/mol. The van der Waals surface area contributed by atoms with Gasteiger partial charge in [-0.2, -0.15) is 0 Å². The molecule has 0 spiro atoms. The van der Waals surface area contributed by atoms with E-state index < -0.39 is 0 Å². The van der Waals surface area contributed by atoms with Crippen LogP contribution < -0.4 is 0 Å². The van der Waals surface area contributed by atoms with Crippen LogP contribution in [-0.2, 0) is 9.31 Å². The minimum Gasteiger partial charge on any atom is -0.402 e. The highest BCUT2D eigenvalue weighted by Crippen LogP contribution is 2.37. The fourth-order valence-corrected chi connectivity index (χ4v) is 3.50. The molecule has 21 heavy (non-hydrogen) atoms. The molecule has 2 nitrogen and oxygen atoms in total. The summed E-state index contributed by atoms with van der Waals surface area (Å²) >= 11 is 0. The van der Waals surface area contributed by atoms with Crippen LogP contribution in [0.4, 0.5) is 4.39 Å². The first kappa shape index (κ1) is 16.8. The largest absolute Gasteiger partial charge is 0.490 e. The fourth-order valence-electron chi connectivity index (χ4n) is 3.50. The first-order chi connectivity index (χ1) is 9.69. The molecule has 2 aliphatic rings. The molecule has 1 unspecified atom stereocenters. The third-order valence-electron chi connectivity index (χ3n) is 4.30. The molecule has 0 radical (unpaired) electrons. The summed E-state index contributed by atoms with van der Waals surface area (Å²) < 4.78 is 26.0. The van der Waals surface area contributed by atoms with Crippen molar-refractivity contribution in [2.24, 2.45) is 5.92 Å². The van der Waals surface area contributed by atoms with Crippen LogP contribution >= 0.6 is 0 Å². The van der Waals surface area contributed by atoms with Gasteiger partial charge in [0.05, 0.1) is 17.0 Å². The molecule has 1 saturated heterocycles. The molecular formula is C17H28BFO2. The van der Waals surface area contributed by atoms with Gasteiger partial charge in [-0.15, -0.1) is 0 Å². The molecule has 0 aromatic rings. The third kappa shape index (κ3) is 4.68. The van der Waals surface area contributed by atoms with Crippen molar-refractivity contribution < 1.29 is 13.7 Å². The Morgan fingerprint density at radius 3 is 2.33 bits per heavy atom. The third-order valence-corrected chi connectivity index (χ3v) is 4.30. The van der Waals surface area contributed by atoms with Crippen molar-refractivity contribution in [3.63, 3.8) is 0 Å². The molecule has 1 aliphatic carbocycles. The summed E-state index contributed by atoms with van der Waals surface area (Å²) in [6, 6.07) is 0. The van der Waals surface area contributed by atoms with Gasteiger partial charge >= 0.3 is 7.12 Å². The van der Waals surface area contributed by atoms with E-state index >= 15 is 0 Å². The Hall–Kier alpha value is -0.605. The average Bonchev–Trinajstić information content (AvgIpc) is 2.37. The van der Waals surface area contributed by atoms with Crippen molar-refractivity contribution in [1.29, 1.82) is 0 Å². The second-order valence-corrected chi connectivity index (χ2v) is 7.69. The smallest absolute Gasteiger partial charge is 0.402 e. The first-order valence-electron chi connectivity index (χ1n) is 8.10. The lowest BCUT2D eigenvalue weighted by atomic mass is 9.66. The molecule has 1 aliphatic heterocycles. The van der Waals surface area contributed by atoms with E-state index in [-0.39, 0.29) is 24.1 Å².